The molecule has 0 radical (unpaired) electrons. The van der Waals surface area contributed by atoms with E-state index in [1.807, 2.05) is 0 Å². The van der Waals surface area contributed by atoms with E-state index in [0.717, 1.165) is 0 Å². The van der Waals surface area contributed by atoms with E-state index in [9.17, 15) is 70.3 Å². The number of carbonyl (C=O) groups is 2. The first kappa shape index (κ1) is 33.1. The fraction of sp³-hybridized carbons (Fsp3) is 0.818. The summed E-state index contributed by atoms with van der Waals surface area (Å²) >= 11 is 0. The third-order valence-corrected chi connectivity index (χ3v) is 3.81. The maximum Gasteiger partial charge on any atom is 0.294 e. The molecule has 0 unspecified atom stereocenters. The Morgan fingerprint density at radius 2 is 0.641 bits per heavy atom. The van der Waals surface area contributed by atoms with E-state index in [1.54, 1.807) is 10.6 Å². The Balaban J connectivity index is 5.92. The fourth-order valence-electron chi connectivity index (χ4n) is 2.35. The van der Waals surface area contributed by atoms with Gasteiger partial charge in [-0.15, -0.1) is 60.7 Å². The van der Waals surface area contributed by atoms with Gasteiger partial charge in [0.15, 0.2) is 0 Å². The second kappa shape index (κ2) is 15.3. The molecule has 0 bridgehead atoms. The summed E-state index contributed by atoms with van der Waals surface area (Å²) in [5, 5.41) is 58.1. The zero-order valence-electron chi connectivity index (χ0n) is 18.8. The van der Waals surface area contributed by atoms with Crippen LogP contribution in [-0.4, -0.2) is 93.1 Å². The topological polar surface area (TPSA) is 372 Å². The number of hydrogen-bond donors (Lipinski definition) is 2. The van der Waals surface area contributed by atoms with Gasteiger partial charge < -0.3 is 39.7 Å². The van der Waals surface area contributed by atoms with Gasteiger partial charge in [0.2, 0.25) is 11.8 Å². The van der Waals surface area contributed by atoms with Crippen molar-refractivity contribution >= 4 is 11.8 Å². The van der Waals surface area contributed by atoms with Gasteiger partial charge in [-0.3, -0.25) is 9.59 Å². The van der Waals surface area contributed by atoms with Gasteiger partial charge in [-0.05, 0) is 0 Å². The van der Waals surface area contributed by atoms with Crippen LogP contribution in [0.15, 0.2) is 0 Å². The Hall–Kier alpha value is -5.86. The lowest BCUT2D eigenvalue weighted by molar-refractivity contribution is -0.778. The molecule has 0 spiro atoms. The van der Waals surface area contributed by atoms with Gasteiger partial charge in [0.1, 0.15) is 57.1 Å². The average molecular weight is 580 g/mol. The summed E-state index contributed by atoms with van der Waals surface area (Å²) in [6.07, 6.45) is -1.42. The molecule has 0 aromatic carbocycles. The van der Waals surface area contributed by atoms with Crippen LogP contribution < -0.4 is 10.6 Å². The van der Waals surface area contributed by atoms with Crippen LogP contribution in [0.3, 0.4) is 0 Å². The van der Waals surface area contributed by atoms with Crippen molar-refractivity contribution in [2.45, 2.75) is 17.5 Å². The summed E-state index contributed by atoms with van der Waals surface area (Å²) in [5.41, 5.74) is -5.11. The van der Waals surface area contributed by atoms with E-state index >= 15 is 0 Å². The molecule has 0 fully saturated rings. The second-order valence-electron chi connectivity index (χ2n) is 6.82. The van der Waals surface area contributed by atoms with Crippen molar-refractivity contribution in [1.29, 1.82) is 0 Å². The maximum atomic E-state index is 12.4. The number of carbonyl (C=O) groups excluding carboxylic acids is 2. The standard InChI is InChI=1S/C11H16N8O20/c20-8(12-10(2-34-14(22)23,3-35-15(24)25)4-36-16(26)27)1-9(21)13-11(5-37-17(28)29,6-38-18(30)31)7-39-19(32)33/h1-7H2,(H,12,20)(H,13,21). The highest BCUT2D eigenvalue weighted by molar-refractivity contribution is 5.97. The number of amides is 2. The van der Waals surface area contributed by atoms with Crippen LogP contribution in [0, 0.1) is 60.7 Å². The molecule has 0 aliphatic heterocycles. The maximum absolute atomic E-state index is 12.4. The zero-order chi connectivity index (χ0) is 30.2. The summed E-state index contributed by atoms with van der Waals surface area (Å²) in [4.78, 5) is 112. The quantitative estimate of drug-likeness (QED) is 0.0707. The second-order valence-corrected chi connectivity index (χ2v) is 6.82. The van der Waals surface area contributed by atoms with E-state index in [-0.39, 0.29) is 0 Å². The predicted octanol–water partition coefficient (Wildman–Crippen LogP) is -3.66. The van der Waals surface area contributed by atoms with E-state index in [2.05, 4.69) is 29.0 Å². The summed E-state index contributed by atoms with van der Waals surface area (Å²) in [7, 11) is 0. The van der Waals surface area contributed by atoms with Crippen LogP contribution >= 0.6 is 0 Å². The molecular formula is C11H16N8O20. The molecule has 0 aliphatic carbocycles. The highest BCUT2D eigenvalue weighted by atomic mass is 17.0. The number of nitrogens with zero attached hydrogens (tertiary/aromatic N) is 6. The lowest BCUT2D eigenvalue weighted by Gasteiger charge is -2.33. The molecular weight excluding hydrogens is 564 g/mol. The molecule has 0 atom stereocenters. The summed E-state index contributed by atoms with van der Waals surface area (Å²) < 4.78 is 0. The first-order valence-electron chi connectivity index (χ1n) is 9.26. The Kier molecular flexibility index (Phi) is 13.0. The summed E-state index contributed by atoms with van der Waals surface area (Å²) in [5.74, 6) is -3.07. The van der Waals surface area contributed by atoms with Crippen LogP contribution in [0.2, 0.25) is 0 Å². The van der Waals surface area contributed by atoms with Gasteiger partial charge in [0.05, 0.1) is 0 Å². The Labute approximate surface area is 210 Å². The predicted molar refractivity (Wildman–Crippen MR) is 104 cm³/mol. The van der Waals surface area contributed by atoms with Gasteiger partial charge in [-0.25, -0.2) is 0 Å². The minimum Gasteiger partial charge on any atom is -0.344 e. The average Bonchev–Trinajstić information content (AvgIpc) is 2.80. The fourth-order valence-corrected chi connectivity index (χ4v) is 2.35. The molecule has 0 heterocycles. The van der Waals surface area contributed by atoms with E-state index < -0.39 is 99.5 Å². The van der Waals surface area contributed by atoms with Crippen molar-refractivity contribution in [3.63, 3.8) is 0 Å². The first-order chi connectivity index (χ1) is 18.0. The van der Waals surface area contributed by atoms with Crippen molar-refractivity contribution in [2.24, 2.45) is 0 Å². The van der Waals surface area contributed by atoms with Crippen LogP contribution in [0.25, 0.3) is 0 Å². The number of nitrogens with one attached hydrogen (secondary N) is 2. The largest absolute Gasteiger partial charge is 0.344 e. The number of hydrogen-bond acceptors (Lipinski definition) is 20. The third-order valence-electron chi connectivity index (χ3n) is 3.81. The van der Waals surface area contributed by atoms with Crippen LogP contribution in [-0.2, 0) is 38.6 Å². The van der Waals surface area contributed by atoms with Gasteiger partial charge in [-0.2, -0.15) is 0 Å². The molecule has 28 heteroatoms. The molecule has 0 aromatic rings. The molecule has 2 N–H and O–H groups in total. The Morgan fingerprint density at radius 1 is 0.462 bits per heavy atom. The molecule has 28 nitrogen and oxygen atoms in total. The van der Waals surface area contributed by atoms with Gasteiger partial charge in [-0.1, -0.05) is 0 Å². The lowest BCUT2D eigenvalue weighted by atomic mass is 10.0. The van der Waals surface area contributed by atoms with Gasteiger partial charge in [0, 0.05) is 0 Å². The normalized spacial score (nSPS) is 10.7. The van der Waals surface area contributed by atoms with Gasteiger partial charge in [0.25, 0.3) is 30.5 Å². The molecule has 220 valence electrons. The van der Waals surface area contributed by atoms with Crippen molar-refractivity contribution in [3.05, 3.63) is 60.7 Å². The Bertz CT molecular complexity index is 791. The first-order valence-corrected chi connectivity index (χ1v) is 9.26. The lowest BCUT2D eigenvalue weighted by Crippen LogP contribution is -2.61. The summed E-state index contributed by atoms with van der Waals surface area (Å²) in [6, 6.07) is 0. The highest BCUT2D eigenvalue weighted by Crippen LogP contribution is 2.12. The van der Waals surface area contributed by atoms with E-state index in [0.29, 0.717) is 0 Å². The number of rotatable bonds is 22. The SMILES string of the molecule is O=C(CC(=O)NC(CO[N+](=O)[O-])(CO[N+](=O)[O-])CO[N+](=O)[O-])NC(CO[N+](=O)[O-])(CO[N+](=O)[O-])CO[N+](=O)[O-]. The monoisotopic (exact) mass is 580 g/mol. The van der Waals surface area contributed by atoms with E-state index in [4.69, 9.17) is 0 Å². The van der Waals surface area contributed by atoms with Crippen molar-refractivity contribution in [1.82, 2.24) is 10.6 Å². The van der Waals surface area contributed by atoms with Gasteiger partial charge >= 0.3 is 0 Å². The highest BCUT2D eigenvalue weighted by Gasteiger charge is 2.40. The van der Waals surface area contributed by atoms with Crippen molar-refractivity contribution in [2.75, 3.05) is 39.6 Å². The molecule has 0 saturated carbocycles. The van der Waals surface area contributed by atoms with Crippen molar-refractivity contribution < 1.29 is 69.1 Å². The van der Waals surface area contributed by atoms with Crippen LogP contribution in [0.1, 0.15) is 6.42 Å². The molecule has 0 aliphatic rings. The third kappa shape index (κ3) is 15.0. The van der Waals surface area contributed by atoms with Crippen molar-refractivity contribution in [3.8, 4) is 0 Å². The molecule has 0 rings (SSSR count). The summed E-state index contributed by atoms with van der Waals surface area (Å²) in [6.45, 7) is -8.15. The van der Waals surface area contributed by atoms with Crippen LogP contribution in [0.4, 0.5) is 0 Å². The zero-order valence-corrected chi connectivity index (χ0v) is 18.8. The molecule has 39 heavy (non-hydrogen) atoms. The minimum absolute atomic E-state index is 1.36. The minimum atomic E-state index is -2.56. The Morgan fingerprint density at radius 3 is 0.795 bits per heavy atom. The molecule has 0 saturated heterocycles. The van der Waals surface area contributed by atoms with E-state index in [1.165, 1.54) is 0 Å². The smallest absolute Gasteiger partial charge is 0.294 e. The molecule has 2 amide bonds. The van der Waals surface area contributed by atoms with Crippen LogP contribution in [0.5, 0.6) is 0 Å². The molecule has 0 aromatic heterocycles.